The molecule has 10 nitrogen and oxygen atoms in total. The zero-order chi connectivity index (χ0) is 31.4. The highest BCUT2D eigenvalue weighted by molar-refractivity contribution is 6.30. The number of nitrogens with two attached hydrogens (primary N) is 1. The molecule has 1 aromatic heterocycles. The fraction of sp³-hybridized carbons (Fsp3) is 0.424. The molecule has 2 aromatic carbocycles. The standard InChI is InChI=1S/C33H38ClN3O7/c1-4-43-30(39)18-20-14-16-36(17-15-20)29(38)13-12-27-25-10-11-26(33(35)40)37(25)24-9-8-21(34)19-23(24)31(44-27)22-6-5-7-28(41-2)32(22)42-3/h5-11,19-20,27,31H,4,12-18H2,1-3H3,(H2,35,40)/t27-,31-/m1/s1. The fourth-order valence-corrected chi connectivity index (χ4v) is 6.42. The summed E-state index contributed by atoms with van der Waals surface area (Å²) in [5, 5.41) is 0.494. The van der Waals surface area contributed by atoms with Gasteiger partial charge in [0.1, 0.15) is 11.8 Å². The molecule has 0 saturated carbocycles. The van der Waals surface area contributed by atoms with Crippen LogP contribution in [-0.2, 0) is 19.1 Å². The lowest BCUT2D eigenvalue weighted by molar-refractivity contribution is -0.144. The lowest BCUT2D eigenvalue weighted by Gasteiger charge is -2.32. The smallest absolute Gasteiger partial charge is 0.306 e. The molecule has 44 heavy (non-hydrogen) atoms. The van der Waals surface area contributed by atoms with Crippen molar-refractivity contribution in [2.75, 3.05) is 33.9 Å². The highest BCUT2D eigenvalue weighted by Gasteiger charge is 2.35. The number of halogens is 1. The number of hydrogen-bond acceptors (Lipinski definition) is 7. The van der Waals surface area contributed by atoms with Crippen LogP contribution in [0.5, 0.6) is 11.5 Å². The number of hydrogen-bond donors (Lipinski definition) is 1. The van der Waals surface area contributed by atoms with E-state index >= 15 is 0 Å². The van der Waals surface area contributed by atoms with E-state index in [1.807, 2.05) is 35.2 Å². The summed E-state index contributed by atoms with van der Waals surface area (Å²) in [5.41, 5.74) is 8.93. The number of fused-ring (bicyclic) bond motifs is 3. The quantitative estimate of drug-likeness (QED) is 0.301. The van der Waals surface area contributed by atoms with Gasteiger partial charge in [0.25, 0.3) is 5.91 Å². The Hall–Kier alpha value is -4.02. The molecule has 2 amide bonds. The van der Waals surface area contributed by atoms with Gasteiger partial charge in [-0.05, 0) is 68.5 Å². The largest absolute Gasteiger partial charge is 0.493 e. The molecule has 0 unspecified atom stereocenters. The third kappa shape index (κ3) is 6.42. The molecule has 0 aliphatic carbocycles. The van der Waals surface area contributed by atoms with Crippen LogP contribution in [0, 0.1) is 5.92 Å². The minimum Gasteiger partial charge on any atom is -0.493 e. The van der Waals surface area contributed by atoms with Crippen LogP contribution in [0.2, 0.25) is 5.02 Å². The molecule has 1 fully saturated rings. The number of ether oxygens (including phenoxy) is 4. The summed E-state index contributed by atoms with van der Waals surface area (Å²) in [7, 11) is 3.14. The number of likely N-dealkylation sites (tertiary alicyclic amines) is 1. The van der Waals surface area contributed by atoms with Crippen LogP contribution in [0.4, 0.5) is 0 Å². The van der Waals surface area contributed by atoms with Crippen molar-refractivity contribution in [2.45, 2.75) is 51.2 Å². The first-order chi connectivity index (χ1) is 21.2. The van der Waals surface area contributed by atoms with Crippen LogP contribution < -0.4 is 15.2 Å². The molecule has 2 aliphatic heterocycles. The monoisotopic (exact) mass is 623 g/mol. The second-order valence-corrected chi connectivity index (χ2v) is 11.4. The van der Waals surface area contributed by atoms with E-state index < -0.39 is 18.1 Å². The normalized spacial score (nSPS) is 18.1. The minimum absolute atomic E-state index is 0.0109. The van der Waals surface area contributed by atoms with Crippen LogP contribution >= 0.6 is 11.6 Å². The fourth-order valence-electron chi connectivity index (χ4n) is 6.24. The molecule has 0 bridgehead atoms. The molecule has 11 heteroatoms. The van der Waals surface area contributed by atoms with Gasteiger partial charge in [0.2, 0.25) is 5.91 Å². The molecule has 5 rings (SSSR count). The highest BCUT2D eigenvalue weighted by atomic mass is 35.5. The van der Waals surface area contributed by atoms with Crippen molar-refractivity contribution in [1.82, 2.24) is 9.47 Å². The Morgan fingerprint density at radius 2 is 1.80 bits per heavy atom. The second kappa shape index (κ2) is 13.7. The van der Waals surface area contributed by atoms with E-state index in [1.54, 1.807) is 43.9 Å². The molecular formula is C33H38ClN3O7. The lowest BCUT2D eigenvalue weighted by atomic mass is 9.93. The number of amides is 2. The Morgan fingerprint density at radius 3 is 2.48 bits per heavy atom. The van der Waals surface area contributed by atoms with Crippen molar-refractivity contribution in [3.8, 4) is 17.2 Å². The Morgan fingerprint density at radius 1 is 1.02 bits per heavy atom. The molecule has 2 aliphatic rings. The zero-order valence-corrected chi connectivity index (χ0v) is 26.0. The number of carbonyl (C=O) groups excluding carboxylic acids is 3. The van der Waals surface area contributed by atoms with E-state index in [2.05, 4.69) is 0 Å². The van der Waals surface area contributed by atoms with Crippen LogP contribution in [0.25, 0.3) is 5.69 Å². The maximum atomic E-state index is 13.4. The Balaban J connectivity index is 1.45. The third-order valence-corrected chi connectivity index (χ3v) is 8.61. The van der Waals surface area contributed by atoms with E-state index in [-0.39, 0.29) is 24.2 Å². The van der Waals surface area contributed by atoms with Gasteiger partial charge >= 0.3 is 5.97 Å². The number of rotatable bonds is 10. The minimum atomic E-state index is -0.673. The average Bonchev–Trinajstić information content (AvgIpc) is 3.41. The summed E-state index contributed by atoms with van der Waals surface area (Å²) in [4.78, 5) is 39.8. The van der Waals surface area contributed by atoms with Gasteiger partial charge in [-0.25, -0.2) is 0 Å². The summed E-state index contributed by atoms with van der Waals surface area (Å²) in [6, 6.07) is 14.5. The van der Waals surface area contributed by atoms with E-state index in [4.69, 9.17) is 36.3 Å². The summed E-state index contributed by atoms with van der Waals surface area (Å²) in [6.07, 6.45) is 1.21. The molecular weight excluding hydrogens is 586 g/mol. The summed E-state index contributed by atoms with van der Waals surface area (Å²) < 4.78 is 25.1. The van der Waals surface area contributed by atoms with Crippen LogP contribution in [0.3, 0.4) is 0 Å². The van der Waals surface area contributed by atoms with Crippen molar-refractivity contribution in [3.63, 3.8) is 0 Å². The first-order valence-corrected chi connectivity index (χ1v) is 15.2. The van der Waals surface area contributed by atoms with Crippen LogP contribution in [-0.4, -0.2) is 61.2 Å². The van der Waals surface area contributed by atoms with E-state index in [0.29, 0.717) is 77.3 Å². The number of nitrogens with zero attached hydrogens (tertiary/aromatic N) is 2. The lowest BCUT2D eigenvalue weighted by Crippen LogP contribution is -2.39. The van der Waals surface area contributed by atoms with Gasteiger partial charge < -0.3 is 34.1 Å². The summed E-state index contributed by atoms with van der Waals surface area (Å²) >= 11 is 6.51. The van der Waals surface area contributed by atoms with Crippen molar-refractivity contribution in [3.05, 3.63) is 76.1 Å². The Bertz CT molecular complexity index is 1530. The molecule has 2 N–H and O–H groups in total. The second-order valence-electron chi connectivity index (χ2n) is 11.0. The number of methoxy groups -OCH3 is 2. The molecule has 234 valence electrons. The SMILES string of the molecule is CCOC(=O)CC1CCN(C(=O)CC[C@H]2O[C@H](c3cccc(OC)c3OC)c3cc(Cl)ccc3-n3c(C(N)=O)ccc32)CC1. The number of esters is 1. The van der Waals surface area contributed by atoms with Crippen LogP contribution in [0.1, 0.15) is 78.5 Å². The summed E-state index contributed by atoms with van der Waals surface area (Å²) in [5.74, 6) is 0.491. The maximum Gasteiger partial charge on any atom is 0.306 e. The highest BCUT2D eigenvalue weighted by Crippen LogP contribution is 2.47. The van der Waals surface area contributed by atoms with Gasteiger partial charge in [-0.1, -0.05) is 23.7 Å². The predicted octanol–water partition coefficient (Wildman–Crippen LogP) is 5.38. The average molecular weight is 624 g/mol. The molecule has 1 saturated heterocycles. The zero-order valence-electron chi connectivity index (χ0n) is 25.2. The molecule has 0 radical (unpaired) electrons. The number of aromatic nitrogens is 1. The van der Waals surface area contributed by atoms with Gasteiger partial charge in [-0.3, -0.25) is 14.4 Å². The van der Waals surface area contributed by atoms with Crippen molar-refractivity contribution in [1.29, 1.82) is 0 Å². The van der Waals surface area contributed by atoms with Gasteiger partial charge in [-0.2, -0.15) is 0 Å². The van der Waals surface area contributed by atoms with Crippen molar-refractivity contribution < 1.29 is 33.3 Å². The number of para-hydroxylation sites is 1. The van der Waals surface area contributed by atoms with E-state index in [9.17, 15) is 14.4 Å². The number of primary amides is 1. The van der Waals surface area contributed by atoms with Gasteiger partial charge in [-0.15, -0.1) is 0 Å². The number of carbonyl (C=O) groups is 3. The molecule has 3 heterocycles. The number of benzene rings is 2. The first-order valence-electron chi connectivity index (χ1n) is 14.9. The summed E-state index contributed by atoms with van der Waals surface area (Å²) in [6.45, 7) is 3.34. The molecule has 2 atom stereocenters. The Labute approximate surface area is 261 Å². The third-order valence-electron chi connectivity index (χ3n) is 8.37. The van der Waals surface area contributed by atoms with Crippen LogP contribution in [0.15, 0.2) is 48.5 Å². The first kappa shape index (κ1) is 31.4. The maximum absolute atomic E-state index is 13.4. The molecule has 3 aromatic rings. The molecule has 0 spiro atoms. The van der Waals surface area contributed by atoms with Crippen molar-refractivity contribution >= 4 is 29.4 Å². The Kier molecular flexibility index (Phi) is 9.80. The predicted molar refractivity (Wildman–Crippen MR) is 164 cm³/mol. The number of piperidine rings is 1. The van der Waals surface area contributed by atoms with Gasteiger partial charge in [0.15, 0.2) is 11.5 Å². The van der Waals surface area contributed by atoms with Gasteiger partial charge in [0, 0.05) is 42.1 Å². The topological polar surface area (TPSA) is 122 Å². The van der Waals surface area contributed by atoms with Gasteiger partial charge in [0.05, 0.1) is 38.3 Å². The van der Waals surface area contributed by atoms with E-state index in [1.165, 1.54) is 0 Å². The van der Waals surface area contributed by atoms with Crippen molar-refractivity contribution in [2.24, 2.45) is 11.7 Å². The van der Waals surface area contributed by atoms with E-state index in [0.717, 1.165) is 12.8 Å².